The van der Waals surface area contributed by atoms with Gasteiger partial charge >= 0.3 is 12.6 Å². The molecular weight excluding hydrogens is 308 g/mol. The fourth-order valence-corrected chi connectivity index (χ4v) is 2.02. The van der Waals surface area contributed by atoms with Gasteiger partial charge in [-0.3, -0.25) is 4.68 Å². The summed E-state index contributed by atoms with van der Waals surface area (Å²) in [5.74, 6) is -0.0842. The average Bonchev–Trinajstić information content (AvgIpc) is 2.94. The van der Waals surface area contributed by atoms with Crippen LogP contribution in [0.5, 0.6) is 5.75 Å². The molecule has 0 fully saturated rings. The SMILES string of the molecule is Cc1cccc(OC(F)F)c1NC(=O)NC(C)Cn1cncn1. The zero-order valence-electron chi connectivity index (χ0n) is 12.7. The molecule has 0 saturated heterocycles. The summed E-state index contributed by atoms with van der Waals surface area (Å²) in [6, 6.07) is 3.87. The van der Waals surface area contributed by atoms with E-state index in [2.05, 4.69) is 25.5 Å². The molecule has 124 valence electrons. The first-order valence-corrected chi connectivity index (χ1v) is 6.90. The number of carbonyl (C=O) groups is 1. The van der Waals surface area contributed by atoms with Crippen LogP contribution in [0.1, 0.15) is 12.5 Å². The van der Waals surface area contributed by atoms with Crippen molar-refractivity contribution in [3.63, 3.8) is 0 Å². The maximum atomic E-state index is 12.4. The predicted molar refractivity (Wildman–Crippen MR) is 79.4 cm³/mol. The second-order valence-electron chi connectivity index (χ2n) is 4.94. The molecule has 1 unspecified atom stereocenters. The maximum absolute atomic E-state index is 12.4. The number of hydrogen-bond acceptors (Lipinski definition) is 4. The van der Waals surface area contributed by atoms with Gasteiger partial charge in [-0.1, -0.05) is 12.1 Å². The van der Waals surface area contributed by atoms with Crippen molar-refractivity contribution in [2.45, 2.75) is 33.0 Å². The van der Waals surface area contributed by atoms with Crippen LogP contribution in [0, 0.1) is 6.92 Å². The number of alkyl halides is 2. The first kappa shape index (κ1) is 16.7. The van der Waals surface area contributed by atoms with E-state index in [1.54, 1.807) is 30.7 Å². The van der Waals surface area contributed by atoms with Gasteiger partial charge in [-0.15, -0.1) is 0 Å². The highest BCUT2D eigenvalue weighted by molar-refractivity contribution is 5.92. The van der Waals surface area contributed by atoms with Crippen LogP contribution < -0.4 is 15.4 Å². The molecule has 1 aromatic carbocycles. The van der Waals surface area contributed by atoms with Gasteiger partial charge in [0.2, 0.25) is 0 Å². The molecule has 2 amide bonds. The van der Waals surface area contributed by atoms with Crippen molar-refractivity contribution in [3.05, 3.63) is 36.4 Å². The molecule has 0 aliphatic heterocycles. The van der Waals surface area contributed by atoms with Crippen molar-refractivity contribution >= 4 is 11.7 Å². The Morgan fingerprint density at radius 1 is 1.43 bits per heavy atom. The smallest absolute Gasteiger partial charge is 0.387 e. The Morgan fingerprint density at radius 3 is 2.87 bits per heavy atom. The number of nitrogens with one attached hydrogen (secondary N) is 2. The standard InChI is InChI=1S/C14H17F2N5O2/c1-9-4-3-5-11(23-13(15)16)12(9)20-14(22)19-10(2)6-21-8-17-7-18-21/h3-5,7-8,10,13H,6H2,1-2H3,(H2,19,20,22). The highest BCUT2D eigenvalue weighted by Crippen LogP contribution is 2.29. The summed E-state index contributed by atoms with van der Waals surface area (Å²) in [6.07, 6.45) is 2.93. The lowest BCUT2D eigenvalue weighted by Gasteiger charge is -2.17. The van der Waals surface area contributed by atoms with Crippen molar-refractivity contribution in [1.29, 1.82) is 0 Å². The molecule has 2 N–H and O–H groups in total. The molecular formula is C14H17F2N5O2. The minimum Gasteiger partial charge on any atom is -0.433 e. The number of amides is 2. The zero-order chi connectivity index (χ0) is 16.8. The fraction of sp³-hybridized carbons (Fsp3) is 0.357. The van der Waals surface area contributed by atoms with E-state index in [1.165, 1.54) is 18.7 Å². The Kier molecular flexibility index (Phi) is 5.45. The van der Waals surface area contributed by atoms with E-state index in [0.717, 1.165) is 0 Å². The van der Waals surface area contributed by atoms with Gasteiger partial charge in [-0.05, 0) is 25.5 Å². The number of aryl methyl sites for hydroxylation is 1. The molecule has 0 aliphatic carbocycles. The molecule has 1 aromatic heterocycles. The summed E-state index contributed by atoms with van der Waals surface area (Å²) in [4.78, 5) is 15.8. The van der Waals surface area contributed by atoms with E-state index in [1.807, 2.05) is 0 Å². The largest absolute Gasteiger partial charge is 0.433 e. The van der Waals surface area contributed by atoms with E-state index in [4.69, 9.17) is 0 Å². The highest BCUT2D eigenvalue weighted by atomic mass is 19.3. The summed E-state index contributed by atoms with van der Waals surface area (Å²) in [5, 5.41) is 9.17. The number of anilines is 1. The molecule has 0 aliphatic rings. The number of halogens is 2. The summed E-state index contributed by atoms with van der Waals surface area (Å²) >= 11 is 0. The minimum atomic E-state index is -2.97. The summed E-state index contributed by atoms with van der Waals surface area (Å²) < 4.78 is 30.8. The quantitative estimate of drug-likeness (QED) is 0.854. The zero-order valence-corrected chi connectivity index (χ0v) is 12.7. The second kappa shape index (κ2) is 7.52. The minimum absolute atomic E-state index is 0.0842. The van der Waals surface area contributed by atoms with E-state index < -0.39 is 12.6 Å². The molecule has 23 heavy (non-hydrogen) atoms. The van der Waals surface area contributed by atoms with E-state index in [0.29, 0.717) is 12.1 Å². The Morgan fingerprint density at radius 2 is 2.22 bits per heavy atom. The Hall–Kier alpha value is -2.71. The first-order valence-electron chi connectivity index (χ1n) is 6.90. The third-order valence-electron chi connectivity index (χ3n) is 2.99. The van der Waals surface area contributed by atoms with Gasteiger partial charge in [0.05, 0.1) is 12.2 Å². The van der Waals surface area contributed by atoms with Crippen LogP contribution in [0.4, 0.5) is 19.3 Å². The summed E-state index contributed by atoms with van der Waals surface area (Å²) in [6.45, 7) is 0.941. The number of ether oxygens (including phenoxy) is 1. The average molecular weight is 325 g/mol. The lowest BCUT2D eigenvalue weighted by Crippen LogP contribution is -2.38. The number of para-hydroxylation sites is 1. The third-order valence-corrected chi connectivity index (χ3v) is 2.99. The number of hydrogen-bond donors (Lipinski definition) is 2. The van der Waals surface area contributed by atoms with Crippen LogP contribution in [-0.2, 0) is 6.54 Å². The van der Waals surface area contributed by atoms with Gasteiger partial charge in [0, 0.05) is 6.04 Å². The monoisotopic (exact) mass is 325 g/mol. The number of benzene rings is 1. The van der Waals surface area contributed by atoms with E-state index in [-0.39, 0.29) is 17.5 Å². The molecule has 0 radical (unpaired) electrons. The normalized spacial score (nSPS) is 12.0. The van der Waals surface area contributed by atoms with Crippen LogP contribution >= 0.6 is 0 Å². The molecule has 1 atom stereocenters. The van der Waals surface area contributed by atoms with Crippen molar-refractivity contribution in [2.75, 3.05) is 5.32 Å². The van der Waals surface area contributed by atoms with Crippen LogP contribution in [0.2, 0.25) is 0 Å². The fourth-order valence-electron chi connectivity index (χ4n) is 2.02. The molecule has 1 heterocycles. The Labute approximate surface area is 131 Å². The van der Waals surface area contributed by atoms with Crippen molar-refractivity contribution in [1.82, 2.24) is 20.1 Å². The van der Waals surface area contributed by atoms with E-state index in [9.17, 15) is 13.6 Å². The van der Waals surface area contributed by atoms with Gasteiger partial charge in [0.1, 0.15) is 18.4 Å². The Balaban J connectivity index is 1.99. The molecule has 0 bridgehead atoms. The van der Waals surface area contributed by atoms with Gasteiger partial charge < -0.3 is 15.4 Å². The lowest BCUT2D eigenvalue weighted by molar-refractivity contribution is -0.0493. The maximum Gasteiger partial charge on any atom is 0.387 e. The van der Waals surface area contributed by atoms with Crippen molar-refractivity contribution in [2.24, 2.45) is 0 Å². The van der Waals surface area contributed by atoms with Crippen molar-refractivity contribution in [3.8, 4) is 5.75 Å². The number of rotatable bonds is 6. The molecule has 2 aromatic rings. The topological polar surface area (TPSA) is 81.1 Å². The van der Waals surface area contributed by atoms with Crippen LogP contribution in [0.15, 0.2) is 30.9 Å². The molecule has 7 nitrogen and oxygen atoms in total. The van der Waals surface area contributed by atoms with Gasteiger partial charge in [-0.2, -0.15) is 13.9 Å². The van der Waals surface area contributed by atoms with Gasteiger partial charge in [0.15, 0.2) is 0 Å². The third kappa shape index (κ3) is 4.90. The highest BCUT2D eigenvalue weighted by Gasteiger charge is 2.15. The first-order chi connectivity index (χ1) is 11.0. The lowest BCUT2D eigenvalue weighted by atomic mass is 10.2. The number of aromatic nitrogens is 3. The number of urea groups is 1. The molecule has 0 saturated carbocycles. The van der Waals surface area contributed by atoms with Crippen LogP contribution in [0.25, 0.3) is 0 Å². The predicted octanol–water partition coefficient (Wildman–Crippen LogP) is 2.40. The van der Waals surface area contributed by atoms with Gasteiger partial charge in [0.25, 0.3) is 0 Å². The van der Waals surface area contributed by atoms with E-state index >= 15 is 0 Å². The van der Waals surface area contributed by atoms with Crippen molar-refractivity contribution < 1.29 is 18.3 Å². The molecule has 9 heteroatoms. The molecule has 0 spiro atoms. The summed E-state index contributed by atoms with van der Waals surface area (Å²) in [5.41, 5.74) is 0.820. The van der Waals surface area contributed by atoms with Crippen LogP contribution in [-0.4, -0.2) is 33.4 Å². The number of carbonyl (C=O) groups excluding carboxylic acids is 1. The summed E-state index contributed by atoms with van der Waals surface area (Å²) in [7, 11) is 0. The Bertz CT molecular complexity index is 649. The van der Waals surface area contributed by atoms with Crippen LogP contribution in [0.3, 0.4) is 0 Å². The second-order valence-corrected chi connectivity index (χ2v) is 4.94. The number of nitrogens with zero attached hydrogens (tertiary/aromatic N) is 3. The molecule has 2 rings (SSSR count). The van der Waals surface area contributed by atoms with Gasteiger partial charge in [-0.25, -0.2) is 9.78 Å².